The Hall–Kier alpha value is -2.28. The second-order valence-corrected chi connectivity index (χ2v) is 8.96. The van der Waals surface area contributed by atoms with Crippen molar-refractivity contribution in [1.29, 1.82) is 0 Å². The lowest BCUT2D eigenvalue weighted by atomic mass is 10.3. The first kappa shape index (κ1) is 21.0. The number of thioether (sulfide) groups is 1. The van der Waals surface area contributed by atoms with Gasteiger partial charge in [0.15, 0.2) is 11.0 Å². The lowest BCUT2D eigenvalue weighted by molar-refractivity contribution is -0.113. The topological polar surface area (TPSA) is 164 Å². The van der Waals surface area contributed by atoms with E-state index in [0.717, 1.165) is 16.1 Å². The minimum absolute atomic E-state index is 0.0165. The molecule has 2 rings (SSSR count). The first-order valence-electron chi connectivity index (χ1n) is 7.32. The van der Waals surface area contributed by atoms with Gasteiger partial charge in [-0.3, -0.25) is 14.6 Å². The largest absolute Gasteiger partial charge is 0.391 e. The summed E-state index contributed by atoms with van der Waals surface area (Å²) in [5, 5.41) is 2.82. The smallest absolute Gasteiger partial charge is 0.276 e. The Kier molecular flexibility index (Phi) is 6.36. The highest BCUT2D eigenvalue weighted by Gasteiger charge is 2.19. The zero-order valence-electron chi connectivity index (χ0n) is 14.3. The summed E-state index contributed by atoms with van der Waals surface area (Å²) < 4.78 is 25.4. The molecule has 0 unspecified atom stereocenters. The normalized spacial score (nSPS) is 11.6. The number of sulfonamides is 1. The number of nitrogens with one attached hydrogen (secondary N) is 2. The zero-order chi connectivity index (χ0) is 20.4. The number of aromatic nitrogens is 2. The second kappa shape index (κ2) is 8.17. The maximum Gasteiger partial charge on any atom is 0.276 e. The molecule has 13 heteroatoms. The Balaban J connectivity index is 2.13. The van der Waals surface area contributed by atoms with E-state index in [1.807, 2.05) is 0 Å². The zero-order valence-corrected chi connectivity index (χ0v) is 16.7. The number of nitrogens with two attached hydrogens (primary N) is 2. The van der Waals surface area contributed by atoms with Crippen molar-refractivity contribution in [1.82, 2.24) is 14.3 Å². The fraction of sp³-hybridized carbons (Fsp3) is 0.214. The van der Waals surface area contributed by atoms with E-state index in [4.69, 9.17) is 23.1 Å². The fourth-order valence-corrected chi connectivity index (χ4v) is 3.60. The number of hydrogen-bond acceptors (Lipinski definition) is 8. The van der Waals surface area contributed by atoms with Crippen molar-refractivity contribution in [2.45, 2.75) is 10.1 Å². The Morgan fingerprint density at radius 3 is 2.63 bits per heavy atom. The summed E-state index contributed by atoms with van der Waals surface area (Å²) in [6, 6.07) is 3.98. The van der Waals surface area contributed by atoms with Gasteiger partial charge in [0.1, 0.15) is 5.69 Å². The van der Waals surface area contributed by atoms with Crippen LogP contribution >= 0.6 is 23.4 Å². The molecule has 2 aromatic rings. The summed E-state index contributed by atoms with van der Waals surface area (Å²) in [6.45, 7) is 0. The van der Waals surface area contributed by atoms with Crippen LogP contribution in [0.1, 0.15) is 0 Å². The molecule has 6 N–H and O–H groups in total. The number of aromatic amines is 1. The van der Waals surface area contributed by atoms with E-state index in [-0.39, 0.29) is 38.0 Å². The van der Waals surface area contributed by atoms with Crippen LogP contribution in [0.25, 0.3) is 0 Å². The molecule has 1 heterocycles. The third-order valence-electron chi connectivity index (χ3n) is 3.29. The van der Waals surface area contributed by atoms with Gasteiger partial charge in [0.05, 0.1) is 21.4 Å². The third kappa shape index (κ3) is 4.91. The molecule has 0 spiro atoms. The van der Waals surface area contributed by atoms with Crippen LogP contribution in [0.5, 0.6) is 0 Å². The van der Waals surface area contributed by atoms with Crippen molar-refractivity contribution in [2.75, 3.05) is 36.6 Å². The number of carbonyl (C=O) groups excluding carboxylic acids is 1. The predicted molar refractivity (Wildman–Crippen MR) is 105 cm³/mol. The number of amides is 1. The van der Waals surface area contributed by atoms with Gasteiger partial charge in [-0.2, -0.15) is 0 Å². The van der Waals surface area contributed by atoms with Crippen molar-refractivity contribution in [3.63, 3.8) is 0 Å². The average molecular weight is 433 g/mol. The van der Waals surface area contributed by atoms with E-state index in [2.05, 4.69) is 15.3 Å². The minimum Gasteiger partial charge on any atom is -0.391 e. The average Bonchev–Trinajstić information content (AvgIpc) is 2.59. The highest BCUT2D eigenvalue weighted by Crippen LogP contribution is 2.27. The van der Waals surface area contributed by atoms with Crippen molar-refractivity contribution < 1.29 is 13.2 Å². The number of H-pyrrole nitrogens is 1. The summed E-state index contributed by atoms with van der Waals surface area (Å²) in [5.41, 5.74) is 10.3. The van der Waals surface area contributed by atoms with Gasteiger partial charge in [0.25, 0.3) is 5.56 Å². The molecule has 0 saturated carbocycles. The van der Waals surface area contributed by atoms with E-state index in [1.54, 1.807) is 0 Å². The van der Waals surface area contributed by atoms with Gasteiger partial charge in [-0.05, 0) is 18.2 Å². The number of anilines is 3. The van der Waals surface area contributed by atoms with Crippen LogP contribution in [0.2, 0.25) is 5.02 Å². The molecule has 0 aliphatic heterocycles. The minimum atomic E-state index is -3.68. The van der Waals surface area contributed by atoms with Crippen molar-refractivity contribution in [3.05, 3.63) is 33.6 Å². The van der Waals surface area contributed by atoms with Crippen LogP contribution in [-0.4, -0.2) is 48.4 Å². The van der Waals surface area contributed by atoms with Crippen LogP contribution in [0, 0.1) is 0 Å². The maximum absolute atomic E-state index is 12.2. The molecule has 1 aromatic heterocycles. The van der Waals surface area contributed by atoms with E-state index < -0.39 is 21.5 Å². The van der Waals surface area contributed by atoms with Crippen LogP contribution in [0.4, 0.5) is 17.2 Å². The fourth-order valence-electron chi connectivity index (χ4n) is 1.84. The molecule has 0 fully saturated rings. The quantitative estimate of drug-likeness (QED) is 0.380. The molecular weight excluding hydrogens is 416 g/mol. The molecule has 0 bridgehead atoms. The molecule has 0 atom stereocenters. The molecular formula is C14H17ClN6O4S2. The van der Waals surface area contributed by atoms with Gasteiger partial charge in [0, 0.05) is 14.1 Å². The van der Waals surface area contributed by atoms with Crippen molar-refractivity contribution in [3.8, 4) is 0 Å². The first-order valence-corrected chi connectivity index (χ1v) is 10.1. The summed E-state index contributed by atoms with van der Waals surface area (Å²) in [7, 11) is -0.891. The highest BCUT2D eigenvalue weighted by atomic mass is 35.5. The number of nitrogens with zero attached hydrogens (tertiary/aromatic N) is 2. The predicted octanol–water partition coefficient (Wildman–Crippen LogP) is 0.569. The number of nitrogen functional groups attached to an aromatic ring is 2. The number of rotatable bonds is 6. The summed E-state index contributed by atoms with van der Waals surface area (Å²) in [5.74, 6) is -0.751. The first-order chi connectivity index (χ1) is 12.5. The van der Waals surface area contributed by atoms with E-state index >= 15 is 0 Å². The van der Waals surface area contributed by atoms with Gasteiger partial charge in [-0.15, -0.1) is 0 Å². The summed E-state index contributed by atoms with van der Waals surface area (Å²) in [6.07, 6.45) is 0. The lowest BCUT2D eigenvalue weighted by Crippen LogP contribution is -2.22. The van der Waals surface area contributed by atoms with Gasteiger partial charge in [-0.1, -0.05) is 23.4 Å². The van der Waals surface area contributed by atoms with Gasteiger partial charge in [0.2, 0.25) is 15.9 Å². The molecule has 27 heavy (non-hydrogen) atoms. The molecule has 146 valence electrons. The van der Waals surface area contributed by atoms with Crippen molar-refractivity contribution in [2.24, 2.45) is 0 Å². The van der Waals surface area contributed by atoms with E-state index in [1.165, 1.54) is 32.3 Å². The van der Waals surface area contributed by atoms with Crippen LogP contribution < -0.4 is 22.3 Å². The molecule has 0 radical (unpaired) electrons. The van der Waals surface area contributed by atoms with Gasteiger partial charge in [-0.25, -0.2) is 17.7 Å². The SMILES string of the molecule is CN(C)S(=O)(=O)c1ccc(Cl)c(NC(=O)CSc2nc(N)c(N)c(=O)[nH]2)c1. The van der Waals surface area contributed by atoms with Crippen LogP contribution in [0.3, 0.4) is 0 Å². The Bertz CT molecular complexity index is 1040. The Morgan fingerprint density at radius 2 is 2.04 bits per heavy atom. The van der Waals surface area contributed by atoms with Gasteiger partial charge >= 0.3 is 0 Å². The van der Waals surface area contributed by atoms with Crippen LogP contribution in [-0.2, 0) is 14.8 Å². The summed E-state index contributed by atoms with van der Waals surface area (Å²) in [4.78, 5) is 29.9. The molecule has 0 saturated heterocycles. The standard InChI is InChI=1S/C14H17ClN6O4S2/c1-21(2)27(24,25)7-3-4-8(15)9(5-7)18-10(22)6-26-14-19-12(17)11(16)13(23)20-14/h3-5H,6,16H2,1-2H3,(H,18,22)(H3,17,19,20,23). The van der Waals surface area contributed by atoms with Gasteiger partial charge < -0.3 is 16.8 Å². The monoisotopic (exact) mass is 432 g/mol. The molecule has 1 aromatic carbocycles. The molecule has 0 aliphatic carbocycles. The second-order valence-electron chi connectivity index (χ2n) is 5.44. The number of hydrogen-bond donors (Lipinski definition) is 4. The van der Waals surface area contributed by atoms with Crippen LogP contribution in [0.15, 0.2) is 33.0 Å². The maximum atomic E-state index is 12.2. The number of carbonyl (C=O) groups is 1. The molecule has 10 nitrogen and oxygen atoms in total. The number of halogens is 1. The summed E-state index contributed by atoms with van der Waals surface area (Å²) >= 11 is 6.95. The third-order valence-corrected chi connectivity index (χ3v) is 6.31. The van der Waals surface area contributed by atoms with Crippen molar-refractivity contribution >= 4 is 56.5 Å². The van der Waals surface area contributed by atoms with E-state index in [0.29, 0.717) is 0 Å². The highest BCUT2D eigenvalue weighted by molar-refractivity contribution is 7.99. The molecule has 0 aliphatic rings. The molecule has 1 amide bonds. The lowest BCUT2D eigenvalue weighted by Gasteiger charge is -2.13. The Labute approximate surface area is 164 Å². The Morgan fingerprint density at radius 1 is 1.37 bits per heavy atom. The van der Waals surface area contributed by atoms with E-state index in [9.17, 15) is 18.0 Å². The number of benzene rings is 1.